The van der Waals surface area contributed by atoms with Gasteiger partial charge in [-0.15, -0.1) is 0 Å². The number of carbonyl (C=O) groups is 1. The summed E-state index contributed by atoms with van der Waals surface area (Å²) in [5.74, 6) is 0.956. The zero-order valence-corrected chi connectivity index (χ0v) is 15.6. The van der Waals surface area contributed by atoms with Gasteiger partial charge in [-0.1, -0.05) is 24.3 Å². The minimum atomic E-state index is -0.351. The normalized spacial score (nSPS) is 18.6. The van der Waals surface area contributed by atoms with E-state index in [9.17, 15) is 4.79 Å². The molecule has 4 rings (SSSR count). The third kappa shape index (κ3) is 4.12. The molecule has 0 unspecified atom stereocenters. The lowest BCUT2D eigenvalue weighted by Crippen LogP contribution is -2.45. The van der Waals surface area contributed by atoms with E-state index in [1.165, 1.54) is 0 Å². The summed E-state index contributed by atoms with van der Waals surface area (Å²) in [7, 11) is 0. The quantitative estimate of drug-likeness (QED) is 0.900. The van der Waals surface area contributed by atoms with Crippen LogP contribution in [-0.2, 0) is 9.47 Å². The molecule has 2 aliphatic rings. The van der Waals surface area contributed by atoms with E-state index < -0.39 is 0 Å². The monoisotopic (exact) mass is 367 g/mol. The number of nitrogens with one attached hydrogen (secondary N) is 1. The number of piperidine rings is 1. The molecular formula is C21H25N3O3. The highest BCUT2D eigenvalue weighted by atomic mass is 16.7. The first-order valence-electron chi connectivity index (χ1n) is 9.52. The average Bonchev–Trinajstić information content (AvgIpc) is 3.24. The van der Waals surface area contributed by atoms with Gasteiger partial charge in [-0.25, -0.2) is 4.98 Å². The maximum absolute atomic E-state index is 12.5. The van der Waals surface area contributed by atoms with Crippen molar-refractivity contribution < 1.29 is 14.3 Å². The van der Waals surface area contributed by atoms with Crippen LogP contribution in [0.2, 0.25) is 0 Å². The average molecular weight is 367 g/mol. The number of carbonyl (C=O) groups excluding carboxylic acids is 1. The van der Waals surface area contributed by atoms with Crippen molar-refractivity contribution in [2.75, 3.05) is 31.2 Å². The van der Waals surface area contributed by atoms with Crippen LogP contribution in [0.3, 0.4) is 0 Å². The molecule has 1 amide bonds. The Kier molecular flexibility index (Phi) is 5.36. The van der Waals surface area contributed by atoms with E-state index in [-0.39, 0.29) is 18.2 Å². The van der Waals surface area contributed by atoms with Crippen LogP contribution in [0.15, 0.2) is 42.5 Å². The zero-order valence-electron chi connectivity index (χ0n) is 15.6. The Morgan fingerprint density at radius 1 is 1.07 bits per heavy atom. The van der Waals surface area contributed by atoms with E-state index in [0.29, 0.717) is 13.2 Å². The van der Waals surface area contributed by atoms with Gasteiger partial charge in [0.15, 0.2) is 0 Å². The van der Waals surface area contributed by atoms with Crippen LogP contribution in [0.1, 0.15) is 40.7 Å². The third-order valence-electron chi connectivity index (χ3n) is 5.16. The minimum Gasteiger partial charge on any atom is -0.356 e. The second-order valence-electron chi connectivity index (χ2n) is 7.04. The zero-order chi connectivity index (χ0) is 18.6. The number of hydrogen-bond donors (Lipinski definition) is 1. The van der Waals surface area contributed by atoms with Gasteiger partial charge in [-0.3, -0.25) is 4.79 Å². The number of benzene rings is 1. The Morgan fingerprint density at radius 2 is 1.81 bits per heavy atom. The van der Waals surface area contributed by atoms with Crippen molar-refractivity contribution in [3.63, 3.8) is 0 Å². The second kappa shape index (κ2) is 8.06. The van der Waals surface area contributed by atoms with E-state index in [1.807, 2.05) is 49.4 Å². The van der Waals surface area contributed by atoms with Crippen LogP contribution in [0, 0.1) is 6.92 Å². The third-order valence-corrected chi connectivity index (χ3v) is 5.16. The van der Waals surface area contributed by atoms with Crippen LogP contribution < -0.4 is 10.2 Å². The lowest BCUT2D eigenvalue weighted by molar-refractivity contribution is -0.0472. The predicted molar refractivity (Wildman–Crippen MR) is 103 cm³/mol. The highest BCUT2D eigenvalue weighted by Gasteiger charge is 2.24. The Morgan fingerprint density at radius 3 is 2.56 bits per heavy atom. The van der Waals surface area contributed by atoms with E-state index in [2.05, 4.69) is 10.2 Å². The largest absolute Gasteiger partial charge is 0.356 e. The van der Waals surface area contributed by atoms with Gasteiger partial charge < -0.3 is 19.7 Å². The molecule has 2 fully saturated rings. The number of nitrogens with zero attached hydrogens (tertiary/aromatic N) is 2. The number of hydrogen-bond acceptors (Lipinski definition) is 5. The van der Waals surface area contributed by atoms with Gasteiger partial charge in [0.25, 0.3) is 5.91 Å². The molecule has 3 heterocycles. The Balaban J connectivity index is 1.34. The summed E-state index contributed by atoms with van der Waals surface area (Å²) in [4.78, 5) is 19.5. The Hall–Kier alpha value is -2.44. The van der Waals surface area contributed by atoms with Crippen LogP contribution >= 0.6 is 0 Å². The van der Waals surface area contributed by atoms with Gasteiger partial charge in [0.1, 0.15) is 5.82 Å². The summed E-state index contributed by atoms with van der Waals surface area (Å²) in [6.45, 7) is 4.92. The van der Waals surface area contributed by atoms with Crippen LogP contribution in [-0.4, -0.2) is 43.2 Å². The van der Waals surface area contributed by atoms with Gasteiger partial charge in [0.2, 0.25) is 6.29 Å². The fourth-order valence-electron chi connectivity index (χ4n) is 3.62. The topological polar surface area (TPSA) is 63.7 Å². The molecule has 2 saturated heterocycles. The molecular weight excluding hydrogens is 342 g/mol. The van der Waals surface area contributed by atoms with Gasteiger partial charge in [0.05, 0.1) is 18.9 Å². The fraction of sp³-hybridized carbons (Fsp3) is 0.429. The lowest BCUT2D eigenvalue weighted by Gasteiger charge is -2.33. The number of aryl methyl sites for hydroxylation is 1. The summed E-state index contributed by atoms with van der Waals surface area (Å²) >= 11 is 0. The lowest BCUT2D eigenvalue weighted by atomic mass is 10.0. The molecule has 1 aromatic heterocycles. The predicted octanol–water partition coefficient (Wildman–Crippen LogP) is 2.83. The Bertz CT molecular complexity index is 797. The van der Waals surface area contributed by atoms with Crippen molar-refractivity contribution in [2.45, 2.75) is 32.1 Å². The van der Waals surface area contributed by atoms with E-state index in [0.717, 1.165) is 48.6 Å². The van der Waals surface area contributed by atoms with Gasteiger partial charge >= 0.3 is 0 Å². The molecule has 0 spiro atoms. The van der Waals surface area contributed by atoms with Crippen molar-refractivity contribution in [3.05, 3.63) is 59.3 Å². The molecule has 1 N–H and O–H groups in total. The molecule has 0 aliphatic carbocycles. The molecule has 6 heteroatoms. The summed E-state index contributed by atoms with van der Waals surface area (Å²) in [6, 6.07) is 13.8. The molecule has 27 heavy (non-hydrogen) atoms. The van der Waals surface area contributed by atoms with E-state index >= 15 is 0 Å². The molecule has 0 saturated carbocycles. The first-order chi connectivity index (χ1) is 13.2. The number of pyridine rings is 1. The van der Waals surface area contributed by atoms with Crippen LogP contribution in [0.25, 0.3) is 0 Å². The van der Waals surface area contributed by atoms with Crippen molar-refractivity contribution in [1.29, 1.82) is 0 Å². The smallest absolute Gasteiger partial charge is 0.251 e. The molecule has 1 aromatic carbocycles. The molecule has 0 radical (unpaired) electrons. The van der Waals surface area contributed by atoms with Crippen LogP contribution in [0.4, 0.5) is 5.82 Å². The molecule has 6 nitrogen and oxygen atoms in total. The molecule has 142 valence electrons. The maximum atomic E-state index is 12.5. The number of anilines is 1. The summed E-state index contributed by atoms with van der Waals surface area (Å²) < 4.78 is 11.1. The number of ether oxygens (including phenoxy) is 2. The fourth-order valence-corrected chi connectivity index (χ4v) is 3.62. The molecule has 0 atom stereocenters. The summed E-state index contributed by atoms with van der Waals surface area (Å²) in [5.41, 5.74) is 2.58. The summed E-state index contributed by atoms with van der Waals surface area (Å²) in [6.07, 6.45) is 1.45. The van der Waals surface area contributed by atoms with E-state index in [1.54, 1.807) is 0 Å². The van der Waals surface area contributed by atoms with Gasteiger partial charge in [-0.2, -0.15) is 0 Å². The molecule has 2 aliphatic heterocycles. The number of aromatic nitrogens is 1. The minimum absolute atomic E-state index is 0.0159. The molecule has 0 bridgehead atoms. The highest BCUT2D eigenvalue weighted by Crippen LogP contribution is 2.25. The number of rotatable bonds is 4. The van der Waals surface area contributed by atoms with Crippen molar-refractivity contribution in [3.8, 4) is 0 Å². The van der Waals surface area contributed by atoms with Crippen molar-refractivity contribution in [1.82, 2.24) is 10.3 Å². The van der Waals surface area contributed by atoms with Gasteiger partial charge in [0, 0.05) is 24.7 Å². The number of amides is 1. The maximum Gasteiger partial charge on any atom is 0.251 e. The first kappa shape index (κ1) is 17.9. The SMILES string of the molecule is Cc1ccccc1C(=O)NC1CCN(c2cccc(C3OCCO3)n2)CC1. The van der Waals surface area contributed by atoms with Gasteiger partial charge in [-0.05, 0) is 43.5 Å². The van der Waals surface area contributed by atoms with Crippen molar-refractivity contribution in [2.24, 2.45) is 0 Å². The summed E-state index contributed by atoms with van der Waals surface area (Å²) in [5, 5.41) is 3.18. The molecule has 2 aromatic rings. The standard InChI is InChI=1S/C21H25N3O3/c1-15-5-2-3-6-17(15)20(25)22-16-9-11-24(12-10-16)19-8-4-7-18(23-19)21-26-13-14-27-21/h2-8,16,21H,9-14H2,1H3,(H,22,25). The van der Waals surface area contributed by atoms with Crippen LogP contribution in [0.5, 0.6) is 0 Å². The highest BCUT2D eigenvalue weighted by molar-refractivity contribution is 5.95. The van der Waals surface area contributed by atoms with Crippen molar-refractivity contribution >= 4 is 11.7 Å². The van der Waals surface area contributed by atoms with E-state index in [4.69, 9.17) is 14.5 Å². The first-order valence-corrected chi connectivity index (χ1v) is 9.52. The second-order valence-corrected chi connectivity index (χ2v) is 7.04. The Labute approximate surface area is 159 Å².